The predicted molar refractivity (Wildman–Crippen MR) is 98.6 cm³/mol. The van der Waals surface area contributed by atoms with E-state index in [0.29, 0.717) is 24.4 Å². The maximum Gasteiger partial charge on any atom is 0.260 e. The molecule has 1 aliphatic rings. The number of carbonyl (C=O) groups excluding carboxylic acids is 1. The van der Waals surface area contributed by atoms with E-state index < -0.39 is 23.1 Å². The molecule has 1 atom stereocenters. The molecule has 3 heterocycles. The van der Waals surface area contributed by atoms with Gasteiger partial charge in [0.2, 0.25) is 0 Å². The number of hydrogen-bond donors (Lipinski definition) is 0. The molecule has 2 aromatic heterocycles. The smallest absolute Gasteiger partial charge is 0.260 e. The summed E-state index contributed by atoms with van der Waals surface area (Å²) in [7, 11) is 0. The molecule has 1 amide bonds. The topological polar surface area (TPSA) is 59.2 Å². The minimum Gasteiger partial charge on any atom is -0.361 e. The van der Waals surface area contributed by atoms with Gasteiger partial charge in [0, 0.05) is 23.9 Å². The summed E-state index contributed by atoms with van der Waals surface area (Å²) in [4.78, 5) is 18.8. The lowest BCUT2D eigenvalue weighted by Gasteiger charge is -2.25. The minimum atomic E-state index is -0.850. The van der Waals surface area contributed by atoms with Crippen molar-refractivity contribution in [2.24, 2.45) is 0 Å². The predicted octanol–water partition coefficient (Wildman–Crippen LogP) is 4.61. The molecule has 1 saturated heterocycles. The van der Waals surface area contributed by atoms with E-state index in [-0.39, 0.29) is 6.04 Å². The van der Waals surface area contributed by atoms with Gasteiger partial charge >= 0.3 is 0 Å². The number of aromatic nitrogens is 2. The fourth-order valence-corrected chi connectivity index (χ4v) is 3.81. The number of benzene rings is 1. The van der Waals surface area contributed by atoms with E-state index in [4.69, 9.17) is 4.52 Å². The van der Waals surface area contributed by atoms with Crippen molar-refractivity contribution in [3.8, 4) is 11.1 Å². The summed E-state index contributed by atoms with van der Waals surface area (Å²) in [6, 6.07) is 6.87. The summed E-state index contributed by atoms with van der Waals surface area (Å²) < 4.78 is 33.3. The summed E-state index contributed by atoms with van der Waals surface area (Å²) in [6.45, 7) is 4.13. The summed E-state index contributed by atoms with van der Waals surface area (Å²) >= 11 is 0. The van der Waals surface area contributed by atoms with E-state index in [2.05, 4.69) is 10.1 Å². The summed E-state index contributed by atoms with van der Waals surface area (Å²) in [6.07, 6.45) is 3.16. The lowest BCUT2D eigenvalue weighted by Crippen LogP contribution is -2.32. The minimum absolute atomic E-state index is 0.315. The molecule has 4 rings (SSSR count). The van der Waals surface area contributed by atoms with Crippen LogP contribution in [0.4, 0.5) is 8.78 Å². The number of amides is 1. The highest BCUT2D eigenvalue weighted by Gasteiger charge is 2.34. The Kier molecular flexibility index (Phi) is 4.66. The molecule has 1 unspecified atom stereocenters. The second kappa shape index (κ2) is 7.14. The van der Waals surface area contributed by atoms with Crippen molar-refractivity contribution in [2.45, 2.75) is 32.7 Å². The monoisotopic (exact) mass is 383 g/mol. The van der Waals surface area contributed by atoms with E-state index in [1.165, 1.54) is 11.0 Å². The Balaban J connectivity index is 1.63. The summed E-state index contributed by atoms with van der Waals surface area (Å²) in [5.41, 5.74) is 2.72. The Bertz CT molecular complexity index is 991. The average molecular weight is 383 g/mol. The molecule has 3 aromatic rings. The first-order valence-corrected chi connectivity index (χ1v) is 9.11. The van der Waals surface area contributed by atoms with Gasteiger partial charge in [0.15, 0.2) is 0 Å². The van der Waals surface area contributed by atoms with E-state index in [1.807, 2.05) is 26.0 Å². The lowest BCUT2D eigenvalue weighted by atomic mass is 10.0. The number of nitrogens with zero attached hydrogens (tertiary/aromatic N) is 3. The van der Waals surface area contributed by atoms with Gasteiger partial charge in [0.25, 0.3) is 5.91 Å². The summed E-state index contributed by atoms with van der Waals surface area (Å²) in [5.74, 6) is -1.64. The van der Waals surface area contributed by atoms with Crippen molar-refractivity contribution in [2.75, 3.05) is 6.54 Å². The van der Waals surface area contributed by atoms with E-state index in [9.17, 15) is 13.6 Å². The van der Waals surface area contributed by atoms with Crippen LogP contribution in [0.5, 0.6) is 0 Å². The number of carbonyl (C=O) groups is 1. The standard InChI is InChI=1S/C21H19F2N3O2/c1-12-19(13(2)28-25-12)14-8-9-17(24-11-14)18-7-4-10-26(18)21(27)20-15(22)5-3-6-16(20)23/h3,5-6,8-9,11,18H,4,7,10H2,1-2H3. The van der Waals surface area contributed by atoms with E-state index in [1.54, 1.807) is 6.20 Å². The number of halogens is 2. The average Bonchev–Trinajstić information content (AvgIpc) is 3.28. The van der Waals surface area contributed by atoms with Crippen molar-refractivity contribution >= 4 is 5.91 Å². The molecular weight excluding hydrogens is 364 g/mol. The SMILES string of the molecule is Cc1noc(C)c1-c1ccc(C2CCCN2C(=O)c2c(F)cccc2F)nc1. The quantitative estimate of drug-likeness (QED) is 0.663. The van der Waals surface area contributed by atoms with Gasteiger partial charge in [-0.3, -0.25) is 9.78 Å². The molecule has 5 nitrogen and oxygen atoms in total. The van der Waals surface area contributed by atoms with Crippen LogP contribution in [0, 0.1) is 25.5 Å². The van der Waals surface area contributed by atoms with Crippen molar-refractivity contribution in [1.82, 2.24) is 15.0 Å². The Morgan fingerprint density at radius 1 is 1.18 bits per heavy atom. The van der Waals surface area contributed by atoms with Crippen LogP contribution in [-0.2, 0) is 0 Å². The molecule has 0 spiro atoms. The fourth-order valence-electron chi connectivity index (χ4n) is 3.81. The molecule has 0 radical (unpaired) electrons. The highest BCUT2D eigenvalue weighted by molar-refractivity contribution is 5.95. The van der Waals surface area contributed by atoms with Crippen LogP contribution in [-0.4, -0.2) is 27.5 Å². The number of hydrogen-bond acceptors (Lipinski definition) is 4. The zero-order valence-corrected chi connectivity index (χ0v) is 15.6. The lowest BCUT2D eigenvalue weighted by molar-refractivity contribution is 0.0723. The number of likely N-dealkylation sites (tertiary alicyclic amines) is 1. The Morgan fingerprint density at radius 2 is 1.93 bits per heavy atom. The van der Waals surface area contributed by atoms with Crippen molar-refractivity contribution in [3.05, 3.63) is 70.9 Å². The fraction of sp³-hybridized carbons (Fsp3) is 0.286. The largest absolute Gasteiger partial charge is 0.361 e. The zero-order chi connectivity index (χ0) is 19.8. The molecule has 1 aromatic carbocycles. The molecular formula is C21H19F2N3O2. The van der Waals surface area contributed by atoms with Crippen molar-refractivity contribution < 1.29 is 18.1 Å². The van der Waals surface area contributed by atoms with Gasteiger partial charge in [-0.25, -0.2) is 8.78 Å². The Labute approximate surface area is 161 Å². The van der Waals surface area contributed by atoms with Gasteiger partial charge in [0.1, 0.15) is 23.0 Å². The van der Waals surface area contributed by atoms with Crippen LogP contribution in [0.1, 0.15) is 46.4 Å². The molecule has 0 N–H and O–H groups in total. The molecule has 144 valence electrons. The van der Waals surface area contributed by atoms with Crippen LogP contribution in [0.3, 0.4) is 0 Å². The molecule has 7 heteroatoms. The number of pyridine rings is 1. The zero-order valence-electron chi connectivity index (χ0n) is 15.6. The first-order valence-electron chi connectivity index (χ1n) is 9.11. The molecule has 1 fully saturated rings. The molecule has 1 aliphatic heterocycles. The molecule has 28 heavy (non-hydrogen) atoms. The first kappa shape index (κ1) is 18.3. The van der Waals surface area contributed by atoms with E-state index in [0.717, 1.165) is 35.4 Å². The van der Waals surface area contributed by atoms with Gasteiger partial charge in [-0.05, 0) is 44.9 Å². The van der Waals surface area contributed by atoms with Gasteiger partial charge in [-0.1, -0.05) is 17.3 Å². The summed E-state index contributed by atoms with van der Waals surface area (Å²) in [5, 5.41) is 3.95. The maximum atomic E-state index is 14.1. The normalized spacial score (nSPS) is 16.6. The first-order chi connectivity index (χ1) is 13.5. The second-order valence-electron chi connectivity index (χ2n) is 6.92. The number of rotatable bonds is 3. The van der Waals surface area contributed by atoms with Crippen LogP contribution in [0.25, 0.3) is 11.1 Å². The molecule has 0 bridgehead atoms. The van der Waals surface area contributed by atoms with Gasteiger partial charge in [-0.15, -0.1) is 0 Å². The molecule has 0 aliphatic carbocycles. The second-order valence-corrected chi connectivity index (χ2v) is 6.92. The Hall–Kier alpha value is -3.09. The van der Waals surface area contributed by atoms with Crippen LogP contribution in [0.2, 0.25) is 0 Å². The van der Waals surface area contributed by atoms with Crippen molar-refractivity contribution in [3.63, 3.8) is 0 Å². The van der Waals surface area contributed by atoms with Crippen LogP contribution >= 0.6 is 0 Å². The maximum absolute atomic E-state index is 14.1. The van der Waals surface area contributed by atoms with Gasteiger partial charge in [-0.2, -0.15) is 0 Å². The van der Waals surface area contributed by atoms with Crippen molar-refractivity contribution in [1.29, 1.82) is 0 Å². The van der Waals surface area contributed by atoms with E-state index >= 15 is 0 Å². The van der Waals surface area contributed by atoms with Crippen LogP contribution < -0.4 is 0 Å². The van der Waals surface area contributed by atoms with Gasteiger partial charge in [0.05, 0.1) is 17.4 Å². The third-order valence-corrected chi connectivity index (χ3v) is 5.14. The third-order valence-electron chi connectivity index (χ3n) is 5.14. The van der Waals surface area contributed by atoms with Crippen LogP contribution in [0.15, 0.2) is 41.1 Å². The highest BCUT2D eigenvalue weighted by atomic mass is 19.1. The van der Waals surface area contributed by atoms with Gasteiger partial charge < -0.3 is 9.42 Å². The highest BCUT2D eigenvalue weighted by Crippen LogP contribution is 2.34. The molecule has 0 saturated carbocycles. The number of aryl methyl sites for hydroxylation is 2. The Morgan fingerprint density at radius 3 is 2.54 bits per heavy atom. The third kappa shape index (κ3) is 3.06.